The van der Waals surface area contributed by atoms with E-state index in [2.05, 4.69) is 15.2 Å². The molecule has 27 heavy (non-hydrogen) atoms. The van der Waals surface area contributed by atoms with E-state index in [-0.39, 0.29) is 16.4 Å². The highest BCUT2D eigenvalue weighted by Gasteiger charge is 2.13. The summed E-state index contributed by atoms with van der Waals surface area (Å²) in [5.41, 5.74) is 4.48. The summed E-state index contributed by atoms with van der Waals surface area (Å²) in [5.74, 6) is -0.428. The number of hydrogen-bond acceptors (Lipinski definition) is 6. The number of anilines is 2. The molecule has 3 rings (SSSR count). The number of hydrogen-bond donors (Lipinski definition) is 4. The Balaban J connectivity index is 1.63. The molecule has 0 aliphatic rings. The molecule has 3 aromatic carbocycles. The van der Waals surface area contributed by atoms with E-state index in [1.165, 1.54) is 30.5 Å². The second-order valence-electron chi connectivity index (χ2n) is 5.61. The maximum Gasteiger partial charge on any atom is 0.261 e. The van der Waals surface area contributed by atoms with Crippen LogP contribution in [0.2, 0.25) is 0 Å². The van der Waals surface area contributed by atoms with Crippen LogP contribution in [0.1, 0.15) is 5.56 Å². The van der Waals surface area contributed by atoms with Crippen LogP contribution < -0.4 is 10.1 Å². The summed E-state index contributed by atoms with van der Waals surface area (Å²) in [6, 6.07) is 19.0. The van der Waals surface area contributed by atoms with E-state index in [1.54, 1.807) is 48.5 Å². The Morgan fingerprint density at radius 1 is 0.815 bits per heavy atom. The number of nitrogens with one attached hydrogen (secondary N) is 2. The summed E-state index contributed by atoms with van der Waals surface area (Å²) in [4.78, 5) is 0.189. The monoisotopic (exact) mass is 383 g/mol. The van der Waals surface area contributed by atoms with Gasteiger partial charge in [-0.3, -0.25) is 10.1 Å². The lowest BCUT2D eigenvalue weighted by Crippen LogP contribution is -2.12. The third kappa shape index (κ3) is 4.77. The maximum atomic E-state index is 12.3. The van der Waals surface area contributed by atoms with E-state index < -0.39 is 10.0 Å². The number of hydrazone groups is 1. The number of phenols is 2. The molecule has 0 saturated heterocycles. The highest BCUT2D eigenvalue weighted by Crippen LogP contribution is 2.24. The van der Waals surface area contributed by atoms with Crippen LogP contribution in [0.3, 0.4) is 0 Å². The van der Waals surface area contributed by atoms with Crippen LogP contribution in [0.25, 0.3) is 0 Å². The van der Waals surface area contributed by atoms with Crippen molar-refractivity contribution in [3.05, 3.63) is 78.4 Å². The number of phenolic OH excluding ortho intramolecular Hbond substituents is 2. The molecule has 138 valence electrons. The topological polar surface area (TPSA) is 111 Å². The number of aromatic hydroxyl groups is 2. The molecule has 0 fully saturated rings. The van der Waals surface area contributed by atoms with Crippen molar-refractivity contribution < 1.29 is 18.6 Å². The third-order valence-electron chi connectivity index (χ3n) is 3.60. The quantitative estimate of drug-likeness (QED) is 0.296. The maximum absolute atomic E-state index is 12.3. The Hall–Kier alpha value is -3.52. The van der Waals surface area contributed by atoms with Crippen molar-refractivity contribution in [1.29, 1.82) is 0 Å². The van der Waals surface area contributed by atoms with Gasteiger partial charge < -0.3 is 10.2 Å². The van der Waals surface area contributed by atoms with E-state index in [0.29, 0.717) is 16.9 Å². The SMILES string of the molecule is O=S(=O)(Nc1ccc(N/N=C/c2ccc(O)c(O)c2)cc1)c1ccccc1. The average Bonchev–Trinajstić information content (AvgIpc) is 2.66. The molecule has 0 radical (unpaired) electrons. The van der Waals surface area contributed by atoms with Crippen molar-refractivity contribution in [3.63, 3.8) is 0 Å². The summed E-state index contributed by atoms with van der Waals surface area (Å²) < 4.78 is 27.1. The molecule has 0 unspecified atom stereocenters. The van der Waals surface area contributed by atoms with Gasteiger partial charge in [0.25, 0.3) is 10.0 Å². The highest BCUT2D eigenvalue weighted by molar-refractivity contribution is 7.92. The van der Waals surface area contributed by atoms with Gasteiger partial charge in [0.2, 0.25) is 0 Å². The first-order valence-corrected chi connectivity index (χ1v) is 9.41. The number of sulfonamides is 1. The number of rotatable bonds is 6. The van der Waals surface area contributed by atoms with Crippen LogP contribution in [0, 0.1) is 0 Å². The van der Waals surface area contributed by atoms with Crippen LogP contribution in [-0.2, 0) is 10.0 Å². The minimum atomic E-state index is -3.63. The van der Waals surface area contributed by atoms with E-state index >= 15 is 0 Å². The zero-order chi connectivity index (χ0) is 19.3. The zero-order valence-corrected chi connectivity index (χ0v) is 14.9. The first-order valence-electron chi connectivity index (χ1n) is 7.93. The van der Waals surface area contributed by atoms with Crippen LogP contribution >= 0.6 is 0 Å². The summed E-state index contributed by atoms with van der Waals surface area (Å²) in [6.45, 7) is 0. The molecule has 0 bridgehead atoms. The predicted octanol–water partition coefficient (Wildman–Crippen LogP) is 3.34. The van der Waals surface area contributed by atoms with Gasteiger partial charge in [0, 0.05) is 5.69 Å². The molecule has 0 atom stereocenters. The van der Waals surface area contributed by atoms with Crippen molar-refractivity contribution in [1.82, 2.24) is 0 Å². The standard InChI is InChI=1S/C19H17N3O4S/c23-18-11-6-14(12-19(18)24)13-20-21-15-7-9-16(10-8-15)22-27(25,26)17-4-2-1-3-5-17/h1-13,21-24H/b20-13+. The second-order valence-corrected chi connectivity index (χ2v) is 7.30. The van der Waals surface area contributed by atoms with Crippen molar-refractivity contribution in [3.8, 4) is 11.5 Å². The molecule has 0 aliphatic carbocycles. The minimum absolute atomic E-state index is 0.189. The van der Waals surface area contributed by atoms with E-state index in [1.807, 2.05) is 0 Å². The van der Waals surface area contributed by atoms with Gasteiger partial charge in [-0.2, -0.15) is 5.10 Å². The Labute approximate surface area is 156 Å². The van der Waals surface area contributed by atoms with E-state index in [9.17, 15) is 18.6 Å². The van der Waals surface area contributed by atoms with Crippen molar-refractivity contribution in [2.24, 2.45) is 5.10 Å². The van der Waals surface area contributed by atoms with Crippen LogP contribution in [0.4, 0.5) is 11.4 Å². The molecule has 3 aromatic rings. The van der Waals surface area contributed by atoms with Gasteiger partial charge in [0.05, 0.1) is 16.8 Å². The first-order chi connectivity index (χ1) is 12.9. The van der Waals surface area contributed by atoms with Gasteiger partial charge in [-0.25, -0.2) is 8.42 Å². The largest absolute Gasteiger partial charge is 0.504 e. The summed E-state index contributed by atoms with van der Waals surface area (Å²) in [7, 11) is -3.63. The molecular weight excluding hydrogens is 366 g/mol. The van der Waals surface area contributed by atoms with Gasteiger partial charge >= 0.3 is 0 Å². The first kappa shape index (κ1) is 18.3. The smallest absolute Gasteiger partial charge is 0.261 e. The van der Waals surface area contributed by atoms with E-state index in [4.69, 9.17) is 0 Å². The van der Waals surface area contributed by atoms with Gasteiger partial charge in [-0.05, 0) is 60.2 Å². The summed E-state index contributed by atoms with van der Waals surface area (Å²) in [5, 5.41) is 22.7. The Morgan fingerprint density at radius 2 is 1.48 bits per heavy atom. The molecule has 0 amide bonds. The molecule has 0 aliphatic heterocycles. The average molecular weight is 383 g/mol. The zero-order valence-electron chi connectivity index (χ0n) is 14.1. The summed E-state index contributed by atoms with van der Waals surface area (Å²) >= 11 is 0. The van der Waals surface area contributed by atoms with Crippen LogP contribution in [0.5, 0.6) is 11.5 Å². The molecule has 0 aromatic heterocycles. The summed E-state index contributed by atoms with van der Waals surface area (Å²) in [6.07, 6.45) is 1.48. The van der Waals surface area contributed by atoms with Gasteiger partial charge in [0.15, 0.2) is 11.5 Å². The van der Waals surface area contributed by atoms with Crippen LogP contribution in [-0.4, -0.2) is 24.8 Å². The molecule has 0 heterocycles. The number of benzene rings is 3. The fraction of sp³-hybridized carbons (Fsp3) is 0. The van der Waals surface area contributed by atoms with Gasteiger partial charge in [-0.15, -0.1) is 0 Å². The van der Waals surface area contributed by atoms with Crippen molar-refractivity contribution in [2.45, 2.75) is 4.90 Å². The van der Waals surface area contributed by atoms with Crippen molar-refractivity contribution in [2.75, 3.05) is 10.1 Å². The lowest BCUT2D eigenvalue weighted by molar-refractivity contribution is 0.403. The highest BCUT2D eigenvalue weighted by atomic mass is 32.2. The number of nitrogens with zero attached hydrogens (tertiary/aromatic N) is 1. The van der Waals surface area contributed by atoms with Gasteiger partial charge in [0.1, 0.15) is 0 Å². The molecular formula is C19H17N3O4S. The lowest BCUT2D eigenvalue weighted by Gasteiger charge is -2.08. The lowest BCUT2D eigenvalue weighted by atomic mass is 10.2. The van der Waals surface area contributed by atoms with Crippen molar-refractivity contribution >= 4 is 27.6 Å². The molecule has 0 spiro atoms. The Morgan fingerprint density at radius 3 is 2.15 bits per heavy atom. The molecule has 8 heteroatoms. The van der Waals surface area contributed by atoms with E-state index in [0.717, 1.165) is 0 Å². The van der Waals surface area contributed by atoms with Crippen LogP contribution in [0.15, 0.2) is 82.8 Å². The minimum Gasteiger partial charge on any atom is -0.504 e. The molecule has 4 N–H and O–H groups in total. The fourth-order valence-corrected chi connectivity index (χ4v) is 3.31. The molecule has 7 nitrogen and oxygen atoms in total. The van der Waals surface area contributed by atoms with Gasteiger partial charge in [-0.1, -0.05) is 18.2 Å². The second kappa shape index (κ2) is 7.79. The normalized spacial score (nSPS) is 11.4. The molecule has 0 saturated carbocycles. The third-order valence-corrected chi connectivity index (χ3v) is 4.99. The predicted molar refractivity (Wildman–Crippen MR) is 105 cm³/mol. The Kier molecular flexibility index (Phi) is 5.28. The fourth-order valence-electron chi connectivity index (χ4n) is 2.23. The Bertz CT molecular complexity index is 1050.